The van der Waals surface area contributed by atoms with Gasteiger partial charge in [0.1, 0.15) is 0 Å². The Kier molecular flexibility index (Phi) is 12.4. The Morgan fingerprint density at radius 1 is 1.67 bits per heavy atom. The summed E-state index contributed by atoms with van der Waals surface area (Å²) in [5.74, 6) is -0.241. The van der Waals surface area contributed by atoms with E-state index < -0.39 is 0 Å². The maximum Gasteiger partial charge on any atom is 0.226 e. The Bertz CT molecular complexity index is 82.3. The first-order valence-corrected chi connectivity index (χ1v) is 2.49. The number of rotatable bonds is 2. The van der Waals surface area contributed by atoms with Crippen LogP contribution in [0.1, 0.15) is 13.3 Å². The Labute approximate surface area is 53.9 Å². The lowest BCUT2D eigenvalue weighted by Gasteiger charge is -1.86. The predicted octanol–water partition coefficient (Wildman–Crippen LogP) is -0.723. The smallest absolute Gasteiger partial charge is 0.226 e. The molecule has 0 bridgehead atoms. The quantitative estimate of drug-likeness (QED) is 0.488. The topological polar surface area (TPSA) is 66.4 Å². The van der Waals surface area contributed by atoms with Crippen LogP contribution in [0.4, 0.5) is 0 Å². The highest BCUT2D eigenvalue weighted by atomic mass is 16.2. The molecule has 54 valence electrons. The molecule has 4 nitrogen and oxygen atoms in total. The zero-order valence-electron chi connectivity index (χ0n) is 5.55. The molecule has 9 heavy (non-hydrogen) atoms. The van der Waals surface area contributed by atoms with Crippen molar-refractivity contribution in [2.45, 2.75) is 13.3 Å². The molecule has 2 amide bonds. The number of hydrogen-bond acceptors (Lipinski definition) is 3. The van der Waals surface area contributed by atoms with E-state index in [1.165, 1.54) is 0 Å². The van der Waals surface area contributed by atoms with Crippen molar-refractivity contribution in [1.29, 1.82) is 0 Å². The van der Waals surface area contributed by atoms with Crippen molar-refractivity contribution >= 4 is 12.3 Å². The highest BCUT2D eigenvalue weighted by Crippen LogP contribution is 1.68. The van der Waals surface area contributed by atoms with Crippen LogP contribution in [0.15, 0.2) is 0 Å². The van der Waals surface area contributed by atoms with Crippen molar-refractivity contribution in [3.05, 3.63) is 0 Å². The highest BCUT2D eigenvalue weighted by molar-refractivity contribution is 5.85. The number of hydrogen-bond donors (Lipinski definition) is 2. The molecule has 0 saturated carbocycles. The molecule has 0 radical (unpaired) electrons. The third kappa shape index (κ3) is 11.0. The number of nitrogens with one attached hydrogen (secondary N) is 1. The van der Waals surface area contributed by atoms with Crippen LogP contribution in [0.25, 0.3) is 0 Å². The first-order chi connectivity index (χ1) is 4.31. The van der Waals surface area contributed by atoms with Crippen LogP contribution in [0.2, 0.25) is 0 Å². The summed E-state index contributed by atoms with van der Waals surface area (Å²) in [4.78, 5) is 19.5. The van der Waals surface area contributed by atoms with E-state index in [4.69, 9.17) is 5.11 Å². The molecule has 0 spiro atoms. The molecule has 0 aliphatic carbocycles. The van der Waals surface area contributed by atoms with Gasteiger partial charge in [-0.1, -0.05) is 6.92 Å². The van der Waals surface area contributed by atoms with Gasteiger partial charge >= 0.3 is 0 Å². The predicted molar refractivity (Wildman–Crippen MR) is 32.6 cm³/mol. The lowest BCUT2D eigenvalue weighted by atomic mass is 10.5. The Morgan fingerprint density at radius 3 is 2.22 bits per heavy atom. The first-order valence-electron chi connectivity index (χ1n) is 2.49. The fourth-order valence-electron chi connectivity index (χ4n) is 0.168. The molecule has 0 aromatic rings. The highest BCUT2D eigenvalue weighted by Gasteiger charge is 1.88. The van der Waals surface area contributed by atoms with Gasteiger partial charge in [-0.05, 0) is 0 Å². The van der Waals surface area contributed by atoms with Gasteiger partial charge in [-0.3, -0.25) is 14.9 Å². The molecular weight excluding hydrogens is 122 g/mol. The summed E-state index contributed by atoms with van der Waals surface area (Å²) in [7, 11) is 1.00. The van der Waals surface area contributed by atoms with Gasteiger partial charge in [-0.25, -0.2) is 0 Å². The monoisotopic (exact) mass is 133 g/mol. The number of aliphatic hydroxyl groups excluding tert-OH is 1. The number of aliphatic hydroxyl groups is 1. The van der Waals surface area contributed by atoms with Crippen LogP contribution in [-0.2, 0) is 9.59 Å². The average Bonchev–Trinajstić information content (AvgIpc) is 1.93. The second-order valence-electron chi connectivity index (χ2n) is 1.04. The van der Waals surface area contributed by atoms with E-state index in [0.717, 1.165) is 7.11 Å². The van der Waals surface area contributed by atoms with E-state index in [0.29, 0.717) is 12.8 Å². The SMILES string of the molecule is CCC(=O)NC=O.CO. The number of carbonyl (C=O) groups is 2. The van der Waals surface area contributed by atoms with Gasteiger partial charge in [0, 0.05) is 13.5 Å². The van der Waals surface area contributed by atoms with Crippen LogP contribution >= 0.6 is 0 Å². The van der Waals surface area contributed by atoms with Crippen molar-refractivity contribution in [2.24, 2.45) is 0 Å². The molecule has 0 fully saturated rings. The zero-order chi connectivity index (χ0) is 7.70. The second kappa shape index (κ2) is 10.2. The van der Waals surface area contributed by atoms with E-state index in [1.807, 2.05) is 5.32 Å². The lowest BCUT2D eigenvalue weighted by molar-refractivity contribution is -0.124. The van der Waals surface area contributed by atoms with Crippen LogP contribution in [0, 0.1) is 0 Å². The summed E-state index contributed by atoms with van der Waals surface area (Å²) < 4.78 is 0. The largest absolute Gasteiger partial charge is 0.400 e. The maximum atomic E-state index is 10.1. The van der Waals surface area contributed by atoms with Crippen molar-refractivity contribution in [3.63, 3.8) is 0 Å². The summed E-state index contributed by atoms with van der Waals surface area (Å²) in [6.45, 7) is 1.68. The van der Waals surface area contributed by atoms with Gasteiger partial charge < -0.3 is 5.11 Å². The van der Waals surface area contributed by atoms with Crippen LogP contribution in [-0.4, -0.2) is 24.5 Å². The minimum absolute atomic E-state index is 0.241. The minimum atomic E-state index is -0.241. The van der Waals surface area contributed by atoms with E-state index in [-0.39, 0.29) is 5.91 Å². The average molecular weight is 133 g/mol. The van der Waals surface area contributed by atoms with Crippen LogP contribution in [0.3, 0.4) is 0 Å². The fourth-order valence-corrected chi connectivity index (χ4v) is 0.168. The van der Waals surface area contributed by atoms with Gasteiger partial charge in [0.25, 0.3) is 0 Å². The van der Waals surface area contributed by atoms with Gasteiger partial charge in [0.2, 0.25) is 12.3 Å². The third-order valence-corrected chi connectivity index (χ3v) is 0.541. The molecule has 0 unspecified atom stereocenters. The standard InChI is InChI=1S/C4H7NO2.CH4O/c1-2-4(7)5-3-6;1-2/h3H,2H2,1H3,(H,5,6,7);2H,1H3. The molecule has 4 heteroatoms. The summed E-state index contributed by atoms with van der Waals surface area (Å²) in [6.07, 6.45) is 0.741. The van der Waals surface area contributed by atoms with Crippen molar-refractivity contribution < 1.29 is 14.7 Å². The number of imide groups is 1. The van der Waals surface area contributed by atoms with Gasteiger partial charge in [-0.2, -0.15) is 0 Å². The van der Waals surface area contributed by atoms with Gasteiger partial charge in [0.05, 0.1) is 0 Å². The molecule has 0 atom stereocenters. The van der Waals surface area contributed by atoms with E-state index >= 15 is 0 Å². The number of amides is 2. The molecule has 0 aliphatic rings. The summed E-state index contributed by atoms with van der Waals surface area (Å²) in [5.41, 5.74) is 0. The molecule has 0 aromatic carbocycles. The normalized spacial score (nSPS) is 6.56. The molecule has 0 aromatic heterocycles. The maximum absolute atomic E-state index is 10.1. The van der Waals surface area contributed by atoms with E-state index in [2.05, 4.69) is 0 Å². The van der Waals surface area contributed by atoms with Crippen molar-refractivity contribution in [1.82, 2.24) is 5.32 Å². The Balaban J connectivity index is 0. The molecule has 0 saturated heterocycles. The van der Waals surface area contributed by atoms with Crippen LogP contribution in [0.5, 0.6) is 0 Å². The zero-order valence-corrected chi connectivity index (χ0v) is 5.55. The van der Waals surface area contributed by atoms with Gasteiger partial charge in [-0.15, -0.1) is 0 Å². The van der Waals surface area contributed by atoms with Crippen molar-refractivity contribution in [2.75, 3.05) is 7.11 Å². The molecular formula is C5H11NO3. The number of carbonyl (C=O) groups excluding carboxylic acids is 2. The molecule has 0 heterocycles. The summed E-state index contributed by atoms with van der Waals surface area (Å²) in [6, 6.07) is 0. The molecule has 0 aliphatic heterocycles. The van der Waals surface area contributed by atoms with E-state index in [9.17, 15) is 9.59 Å². The van der Waals surface area contributed by atoms with Crippen LogP contribution < -0.4 is 5.32 Å². The minimum Gasteiger partial charge on any atom is -0.400 e. The Hall–Kier alpha value is -0.900. The fraction of sp³-hybridized carbons (Fsp3) is 0.600. The molecule has 2 N–H and O–H groups in total. The van der Waals surface area contributed by atoms with E-state index in [1.54, 1.807) is 6.92 Å². The Morgan fingerprint density at radius 2 is 2.11 bits per heavy atom. The van der Waals surface area contributed by atoms with Gasteiger partial charge in [0.15, 0.2) is 0 Å². The van der Waals surface area contributed by atoms with Crippen molar-refractivity contribution in [3.8, 4) is 0 Å². The second-order valence-corrected chi connectivity index (χ2v) is 1.04. The lowest BCUT2D eigenvalue weighted by Crippen LogP contribution is -2.19. The summed E-state index contributed by atoms with van der Waals surface area (Å²) in [5, 5.41) is 8.98. The summed E-state index contributed by atoms with van der Waals surface area (Å²) >= 11 is 0. The first kappa shape index (κ1) is 11.0. The third-order valence-electron chi connectivity index (χ3n) is 0.541. The molecule has 0 rings (SSSR count).